The number of carbonyl (C=O) groups excluding carboxylic acids is 2. The molecule has 3 aromatic rings. The molecule has 2 N–H and O–H groups in total. The van der Waals surface area contributed by atoms with Crippen molar-refractivity contribution in [3.63, 3.8) is 0 Å². The number of carbonyl (C=O) groups is 3. The highest BCUT2D eigenvalue weighted by Gasteiger charge is 2.30. The molecule has 36 heavy (non-hydrogen) atoms. The van der Waals surface area contributed by atoms with Crippen molar-refractivity contribution in [2.75, 3.05) is 0 Å². The van der Waals surface area contributed by atoms with Crippen LogP contribution in [0.4, 0.5) is 4.79 Å². The molecule has 1 atom stereocenters. The number of oxazole rings is 1. The van der Waals surface area contributed by atoms with Crippen molar-refractivity contribution in [1.82, 2.24) is 20.3 Å². The van der Waals surface area contributed by atoms with Crippen LogP contribution >= 0.6 is 22.7 Å². The Labute approximate surface area is 215 Å². The Morgan fingerprint density at radius 1 is 1.03 bits per heavy atom. The Kier molecular flexibility index (Phi) is 7.84. The molecule has 11 nitrogen and oxygen atoms in total. The molecule has 3 heterocycles. The molecule has 1 amide bonds. The third kappa shape index (κ3) is 7.34. The number of ether oxygens (including phenoxy) is 2. The van der Waals surface area contributed by atoms with Crippen molar-refractivity contribution in [3.05, 3.63) is 27.2 Å². The molecule has 194 valence electrons. The summed E-state index contributed by atoms with van der Waals surface area (Å²) in [7, 11) is 0. The number of amides is 1. The predicted molar refractivity (Wildman–Crippen MR) is 133 cm³/mol. The zero-order valence-corrected chi connectivity index (χ0v) is 22.6. The van der Waals surface area contributed by atoms with Gasteiger partial charge in [-0.05, 0) is 48.5 Å². The van der Waals surface area contributed by atoms with Crippen molar-refractivity contribution in [3.8, 4) is 22.3 Å². The molecule has 0 spiro atoms. The quantitative estimate of drug-likeness (QED) is 0.406. The van der Waals surface area contributed by atoms with Gasteiger partial charge in [0.25, 0.3) is 0 Å². The van der Waals surface area contributed by atoms with Gasteiger partial charge >= 0.3 is 18.0 Å². The normalized spacial score (nSPS) is 12.8. The molecule has 0 aliphatic rings. The Morgan fingerprint density at radius 2 is 1.69 bits per heavy atom. The van der Waals surface area contributed by atoms with Crippen LogP contribution in [0.5, 0.6) is 0 Å². The molecule has 3 aromatic heterocycles. The van der Waals surface area contributed by atoms with Gasteiger partial charge in [-0.2, -0.15) is 0 Å². The average molecular weight is 537 g/mol. The van der Waals surface area contributed by atoms with Crippen LogP contribution in [-0.4, -0.2) is 55.3 Å². The van der Waals surface area contributed by atoms with Crippen molar-refractivity contribution in [2.24, 2.45) is 0 Å². The van der Waals surface area contributed by atoms with Crippen molar-refractivity contribution < 1.29 is 33.4 Å². The van der Waals surface area contributed by atoms with Gasteiger partial charge in [0, 0.05) is 17.2 Å². The van der Waals surface area contributed by atoms with Crippen molar-refractivity contribution in [1.29, 1.82) is 0 Å². The molecule has 0 aliphatic carbocycles. The van der Waals surface area contributed by atoms with Gasteiger partial charge in [-0.15, -0.1) is 22.7 Å². The zero-order chi connectivity index (χ0) is 26.8. The summed E-state index contributed by atoms with van der Waals surface area (Å²) in [5, 5.41) is 15.8. The first kappa shape index (κ1) is 27.3. The van der Waals surface area contributed by atoms with Gasteiger partial charge in [0.1, 0.15) is 39.4 Å². The maximum Gasteiger partial charge on any atom is 0.408 e. The molecule has 13 heteroatoms. The summed E-state index contributed by atoms with van der Waals surface area (Å²) >= 11 is 2.41. The summed E-state index contributed by atoms with van der Waals surface area (Å²) in [6, 6.07) is -1.02. The summed E-state index contributed by atoms with van der Waals surface area (Å²) in [5.74, 6) is -1.05. The van der Waals surface area contributed by atoms with Crippen LogP contribution in [0.2, 0.25) is 0 Å². The highest BCUT2D eigenvalue weighted by Crippen LogP contribution is 2.31. The fourth-order valence-corrected chi connectivity index (χ4v) is 4.52. The van der Waals surface area contributed by atoms with Crippen LogP contribution in [0, 0.1) is 6.92 Å². The number of nitrogens with one attached hydrogen (secondary N) is 1. The van der Waals surface area contributed by atoms with Crippen LogP contribution < -0.4 is 5.32 Å². The SMILES string of the molecule is Cc1oc(-c2csc(C[C@H](NC(=O)OC(C)(C)C)C(=O)OC(C)(C)C)n2)nc1-c1nc(C(=O)O)cs1. The highest BCUT2D eigenvalue weighted by molar-refractivity contribution is 7.13. The molecular formula is C23H28N4O7S2. The van der Waals surface area contributed by atoms with Gasteiger partial charge in [-0.1, -0.05) is 0 Å². The number of carboxylic acid groups (broad SMARTS) is 1. The first-order valence-electron chi connectivity index (χ1n) is 10.9. The molecule has 0 fully saturated rings. The fourth-order valence-electron chi connectivity index (χ4n) is 2.88. The van der Waals surface area contributed by atoms with Gasteiger partial charge in [0.2, 0.25) is 5.89 Å². The number of nitrogens with zero attached hydrogens (tertiary/aromatic N) is 3. The molecule has 3 rings (SSSR count). The maximum absolute atomic E-state index is 12.8. The van der Waals surface area contributed by atoms with E-state index in [4.69, 9.17) is 19.0 Å². The fraction of sp³-hybridized carbons (Fsp3) is 0.478. The number of alkyl carbamates (subject to hydrolysis) is 1. The molecular weight excluding hydrogens is 508 g/mol. The lowest BCUT2D eigenvalue weighted by atomic mass is 10.1. The summed E-state index contributed by atoms with van der Waals surface area (Å²) in [5.41, 5.74) is -0.697. The summed E-state index contributed by atoms with van der Waals surface area (Å²) in [6.07, 6.45) is -0.674. The van der Waals surface area contributed by atoms with E-state index in [9.17, 15) is 14.4 Å². The summed E-state index contributed by atoms with van der Waals surface area (Å²) in [4.78, 5) is 49.3. The van der Waals surface area contributed by atoms with E-state index in [1.54, 1.807) is 53.8 Å². The topological polar surface area (TPSA) is 154 Å². The van der Waals surface area contributed by atoms with Gasteiger partial charge in [0.15, 0.2) is 5.69 Å². The number of aromatic nitrogens is 3. The van der Waals surface area contributed by atoms with Crippen LogP contribution in [0.15, 0.2) is 15.2 Å². The Hall–Kier alpha value is -3.32. The number of aryl methyl sites for hydroxylation is 1. The number of hydrogen-bond acceptors (Lipinski definition) is 11. The van der Waals surface area contributed by atoms with Gasteiger partial charge in [0.05, 0.1) is 5.01 Å². The first-order chi connectivity index (χ1) is 16.6. The number of aromatic carboxylic acids is 1. The Bertz CT molecular complexity index is 1260. The van der Waals surface area contributed by atoms with E-state index in [0.717, 1.165) is 11.3 Å². The molecule has 0 unspecified atom stereocenters. The van der Waals surface area contributed by atoms with Crippen LogP contribution in [0.3, 0.4) is 0 Å². The third-order valence-electron chi connectivity index (χ3n) is 4.25. The number of thiazole rings is 2. The summed E-state index contributed by atoms with van der Waals surface area (Å²) < 4.78 is 16.5. The number of rotatable bonds is 7. The van der Waals surface area contributed by atoms with E-state index in [2.05, 4.69) is 20.3 Å². The molecule has 0 aliphatic heterocycles. The minimum absolute atomic E-state index is 0.0689. The monoisotopic (exact) mass is 536 g/mol. The van der Waals surface area contributed by atoms with E-state index in [1.165, 1.54) is 16.7 Å². The first-order valence-corrected chi connectivity index (χ1v) is 12.7. The van der Waals surface area contributed by atoms with Crippen LogP contribution in [0.1, 0.15) is 62.8 Å². The van der Waals surface area contributed by atoms with E-state index in [-0.39, 0.29) is 18.0 Å². The lowest BCUT2D eigenvalue weighted by Gasteiger charge is -2.25. The van der Waals surface area contributed by atoms with Crippen molar-refractivity contribution >= 4 is 40.7 Å². The zero-order valence-electron chi connectivity index (χ0n) is 21.0. The smallest absolute Gasteiger partial charge is 0.408 e. The van der Waals surface area contributed by atoms with E-state index in [1.807, 2.05) is 0 Å². The standard InChI is InChI=1S/C23H28N4O7S2/c1-11-16(18-25-14(10-36-18)19(28)29)27-17(32-11)13-9-35-15(24-13)8-12(20(30)33-22(2,3)4)26-21(31)34-23(5,6)7/h9-10,12H,8H2,1-7H3,(H,26,31)(H,28,29)/t12-/m0/s1. The largest absolute Gasteiger partial charge is 0.476 e. The highest BCUT2D eigenvalue weighted by atomic mass is 32.1. The van der Waals surface area contributed by atoms with Gasteiger partial charge < -0.3 is 24.3 Å². The van der Waals surface area contributed by atoms with Crippen LogP contribution in [0.25, 0.3) is 22.3 Å². The average Bonchev–Trinajstić information content (AvgIpc) is 3.43. The maximum atomic E-state index is 12.8. The lowest BCUT2D eigenvalue weighted by molar-refractivity contribution is -0.157. The van der Waals surface area contributed by atoms with Crippen LogP contribution in [-0.2, 0) is 20.7 Å². The van der Waals surface area contributed by atoms with E-state index >= 15 is 0 Å². The number of carboxylic acids is 1. The molecule has 0 aromatic carbocycles. The van der Waals surface area contributed by atoms with Gasteiger partial charge in [-0.3, -0.25) is 0 Å². The summed E-state index contributed by atoms with van der Waals surface area (Å²) in [6.45, 7) is 12.1. The van der Waals surface area contributed by atoms with Crippen molar-refractivity contribution in [2.45, 2.75) is 72.1 Å². The van der Waals surface area contributed by atoms with Gasteiger partial charge in [-0.25, -0.2) is 29.3 Å². The second kappa shape index (κ2) is 10.3. The Morgan fingerprint density at radius 3 is 2.28 bits per heavy atom. The second-order valence-electron chi connectivity index (χ2n) is 9.83. The van der Waals surface area contributed by atoms with E-state index in [0.29, 0.717) is 27.2 Å². The molecule has 0 saturated heterocycles. The molecule has 0 saturated carbocycles. The minimum atomic E-state index is -1.12. The molecule has 0 bridgehead atoms. The predicted octanol–water partition coefficient (Wildman–Crippen LogP) is 4.71. The lowest BCUT2D eigenvalue weighted by Crippen LogP contribution is -2.47. The minimum Gasteiger partial charge on any atom is -0.476 e. The number of esters is 1. The molecule has 0 radical (unpaired) electrons. The second-order valence-corrected chi connectivity index (χ2v) is 11.6. The van der Waals surface area contributed by atoms with E-state index < -0.39 is 35.3 Å². The number of hydrogen-bond donors (Lipinski definition) is 2. The third-order valence-corrected chi connectivity index (χ3v) is 5.97. The Balaban J connectivity index is 1.80.